The van der Waals surface area contributed by atoms with E-state index >= 15 is 0 Å². The van der Waals surface area contributed by atoms with Crippen LogP contribution < -0.4 is 4.73 Å². The van der Waals surface area contributed by atoms with Gasteiger partial charge >= 0.3 is 5.97 Å². The largest absolute Gasteiger partial charge is 0.618 e. The second kappa shape index (κ2) is 2.35. The topological polar surface area (TPSA) is 53.2 Å². The first kappa shape index (κ1) is 8.31. The van der Waals surface area contributed by atoms with E-state index in [1.165, 1.54) is 25.3 Å². The molecule has 0 fully saturated rings. The molecule has 0 radical (unpaired) electrons. The zero-order chi connectivity index (χ0) is 9.64. The van der Waals surface area contributed by atoms with Gasteiger partial charge in [0.2, 0.25) is 0 Å². The number of nitrogens with zero attached hydrogens (tertiary/aromatic N) is 1. The molecule has 68 valence electrons. The summed E-state index contributed by atoms with van der Waals surface area (Å²) in [6.07, 6.45) is 1.28. The zero-order valence-corrected chi connectivity index (χ0v) is 7.54. The fraction of sp³-hybridized carbons (Fsp3) is 0.250. The van der Waals surface area contributed by atoms with Crippen LogP contribution in [0, 0.1) is 5.21 Å². The molecule has 1 aromatic heterocycles. The molecule has 0 bridgehead atoms. The number of alkyl halides is 1. The van der Waals surface area contributed by atoms with Gasteiger partial charge in [-0.05, 0) is 6.07 Å². The lowest BCUT2D eigenvalue weighted by Crippen LogP contribution is -2.36. The molecule has 5 heteroatoms. The van der Waals surface area contributed by atoms with Gasteiger partial charge in [-0.2, -0.15) is 4.73 Å². The third-order valence-electron chi connectivity index (χ3n) is 1.89. The molecule has 2 heterocycles. The van der Waals surface area contributed by atoms with Crippen LogP contribution >= 0.6 is 11.6 Å². The summed E-state index contributed by atoms with van der Waals surface area (Å²) in [6.45, 7) is 1.46. The van der Waals surface area contributed by atoms with Gasteiger partial charge in [0.25, 0.3) is 10.8 Å². The minimum Gasteiger partial charge on any atom is -0.618 e. The van der Waals surface area contributed by atoms with Crippen LogP contribution in [0.4, 0.5) is 0 Å². The summed E-state index contributed by atoms with van der Waals surface area (Å²) in [5.41, 5.74) is 0.386. The van der Waals surface area contributed by atoms with Gasteiger partial charge in [0.05, 0.1) is 0 Å². The Balaban J connectivity index is 2.73. The van der Waals surface area contributed by atoms with E-state index in [1.807, 2.05) is 0 Å². The van der Waals surface area contributed by atoms with Crippen molar-refractivity contribution in [2.75, 3.05) is 0 Å². The highest BCUT2D eigenvalue weighted by molar-refractivity contribution is 6.25. The predicted molar refractivity (Wildman–Crippen MR) is 44.0 cm³/mol. The number of hydrogen-bond donors (Lipinski definition) is 0. The van der Waals surface area contributed by atoms with Crippen molar-refractivity contribution in [2.45, 2.75) is 12.0 Å². The van der Waals surface area contributed by atoms with E-state index in [9.17, 15) is 10.0 Å². The summed E-state index contributed by atoms with van der Waals surface area (Å²) in [7, 11) is 0. The first-order valence-electron chi connectivity index (χ1n) is 3.67. The number of halogens is 1. The predicted octanol–water partition coefficient (Wildman–Crippen LogP) is 0.902. The number of carbonyl (C=O) groups excluding carboxylic acids is 1. The van der Waals surface area contributed by atoms with Crippen LogP contribution in [-0.4, -0.2) is 5.97 Å². The lowest BCUT2D eigenvalue weighted by Gasteiger charge is -2.12. The molecule has 0 aliphatic carbocycles. The Hall–Kier alpha value is -1.29. The van der Waals surface area contributed by atoms with E-state index in [0.717, 1.165) is 0 Å². The van der Waals surface area contributed by atoms with E-state index in [1.54, 1.807) is 0 Å². The number of hydrogen-bond acceptors (Lipinski definition) is 3. The highest BCUT2D eigenvalue weighted by Crippen LogP contribution is 2.36. The Morgan fingerprint density at radius 2 is 2.38 bits per heavy atom. The Morgan fingerprint density at radius 3 is 3.00 bits per heavy atom. The molecule has 1 aliphatic rings. The van der Waals surface area contributed by atoms with E-state index in [4.69, 9.17) is 16.3 Å². The average molecular weight is 200 g/mol. The van der Waals surface area contributed by atoms with Gasteiger partial charge in [-0.3, -0.25) is 0 Å². The third kappa shape index (κ3) is 1.06. The maximum Gasteiger partial charge on any atom is 0.347 e. The summed E-state index contributed by atoms with van der Waals surface area (Å²) >= 11 is 5.83. The second-order valence-corrected chi connectivity index (χ2v) is 3.62. The summed E-state index contributed by atoms with van der Waals surface area (Å²) in [6, 6.07) is 2.99. The molecule has 0 N–H and O–H groups in total. The highest BCUT2D eigenvalue weighted by atomic mass is 35.5. The highest BCUT2D eigenvalue weighted by Gasteiger charge is 2.47. The molecule has 1 aliphatic heterocycles. The molecule has 2 rings (SSSR count). The lowest BCUT2D eigenvalue weighted by atomic mass is 10.2. The van der Waals surface area contributed by atoms with Gasteiger partial charge in [0.15, 0.2) is 6.20 Å². The fourth-order valence-corrected chi connectivity index (χ4v) is 1.62. The van der Waals surface area contributed by atoms with Crippen LogP contribution in [0.2, 0.25) is 0 Å². The van der Waals surface area contributed by atoms with Crippen LogP contribution in [0.1, 0.15) is 23.0 Å². The SMILES string of the molecule is CC1(Cl)OC(=O)c2ccc[n+]([O-])c21. The number of cyclic esters (lactones) is 1. The first-order chi connectivity index (χ1) is 6.02. The van der Waals surface area contributed by atoms with Crippen molar-refractivity contribution < 1.29 is 14.3 Å². The van der Waals surface area contributed by atoms with Crippen LogP contribution in [-0.2, 0) is 9.80 Å². The standard InChI is InChI=1S/C8H6ClNO3/c1-8(9)6-5(7(11)13-8)3-2-4-10(6)12/h2-4H,1H3. The van der Waals surface area contributed by atoms with Crippen molar-refractivity contribution in [2.24, 2.45) is 0 Å². The Kier molecular flexibility index (Phi) is 1.51. The van der Waals surface area contributed by atoms with Gasteiger partial charge in [-0.15, -0.1) is 0 Å². The molecule has 1 atom stereocenters. The van der Waals surface area contributed by atoms with Crippen molar-refractivity contribution in [1.82, 2.24) is 0 Å². The van der Waals surface area contributed by atoms with Crippen molar-refractivity contribution in [1.29, 1.82) is 0 Å². The molecular weight excluding hydrogens is 194 g/mol. The van der Waals surface area contributed by atoms with Crippen molar-refractivity contribution in [3.63, 3.8) is 0 Å². The molecule has 13 heavy (non-hydrogen) atoms. The van der Waals surface area contributed by atoms with Gasteiger partial charge in [-0.25, -0.2) is 4.79 Å². The maximum absolute atomic E-state index is 11.3. The van der Waals surface area contributed by atoms with Crippen LogP contribution in [0.15, 0.2) is 18.3 Å². The molecule has 1 aromatic rings. The fourth-order valence-electron chi connectivity index (χ4n) is 1.37. The van der Waals surface area contributed by atoms with Crippen molar-refractivity contribution in [3.05, 3.63) is 34.8 Å². The van der Waals surface area contributed by atoms with Gasteiger partial charge in [0, 0.05) is 13.0 Å². The summed E-state index contributed by atoms with van der Waals surface area (Å²) in [4.78, 5) is 11.2. The molecule has 0 amide bonds. The van der Waals surface area contributed by atoms with Crippen LogP contribution in [0.5, 0.6) is 0 Å². The Bertz CT molecular complexity index is 389. The van der Waals surface area contributed by atoms with E-state index in [0.29, 0.717) is 4.73 Å². The maximum atomic E-state index is 11.3. The van der Waals surface area contributed by atoms with Gasteiger partial charge in [0.1, 0.15) is 5.56 Å². The van der Waals surface area contributed by atoms with E-state index < -0.39 is 11.0 Å². The Morgan fingerprint density at radius 1 is 1.69 bits per heavy atom. The van der Waals surface area contributed by atoms with Crippen molar-refractivity contribution >= 4 is 17.6 Å². The number of rotatable bonds is 0. The average Bonchev–Trinajstić information content (AvgIpc) is 2.24. The number of carbonyl (C=O) groups is 1. The van der Waals surface area contributed by atoms with Gasteiger partial charge in [-0.1, -0.05) is 11.6 Å². The van der Waals surface area contributed by atoms with Crippen LogP contribution in [0.3, 0.4) is 0 Å². The quantitative estimate of drug-likeness (QED) is 0.270. The number of ether oxygens (including phenoxy) is 1. The minimum absolute atomic E-state index is 0.154. The van der Waals surface area contributed by atoms with Gasteiger partial charge < -0.3 is 9.94 Å². The van der Waals surface area contributed by atoms with Crippen molar-refractivity contribution in [3.8, 4) is 0 Å². The van der Waals surface area contributed by atoms with E-state index in [2.05, 4.69) is 0 Å². The molecule has 0 spiro atoms. The lowest BCUT2D eigenvalue weighted by molar-refractivity contribution is -0.618. The molecule has 4 nitrogen and oxygen atoms in total. The van der Waals surface area contributed by atoms with Crippen LogP contribution in [0.25, 0.3) is 0 Å². The normalized spacial score (nSPS) is 25.5. The molecule has 0 saturated heterocycles. The van der Waals surface area contributed by atoms with E-state index in [-0.39, 0.29) is 11.3 Å². The summed E-state index contributed by atoms with van der Waals surface area (Å²) < 4.78 is 5.35. The first-order valence-corrected chi connectivity index (χ1v) is 4.05. The number of aromatic nitrogens is 1. The molecule has 0 saturated carbocycles. The number of pyridine rings is 1. The third-order valence-corrected chi connectivity index (χ3v) is 2.14. The molecular formula is C8H6ClNO3. The molecule has 0 aromatic carbocycles. The second-order valence-electron chi connectivity index (χ2n) is 2.90. The monoisotopic (exact) mass is 199 g/mol. The number of fused-ring (bicyclic) bond motifs is 1. The summed E-state index contributed by atoms with van der Waals surface area (Å²) in [5.74, 6) is -0.558. The zero-order valence-electron chi connectivity index (χ0n) is 6.78. The Labute approximate surface area is 79.3 Å². The summed E-state index contributed by atoms with van der Waals surface area (Å²) in [5, 5.41) is 9.93. The smallest absolute Gasteiger partial charge is 0.347 e. The minimum atomic E-state index is -1.34. The number of esters is 1. The molecule has 1 unspecified atom stereocenters.